The van der Waals surface area contributed by atoms with Crippen LogP contribution in [0.15, 0.2) is 53.6 Å². The molecule has 3 N–H and O–H groups in total. The molecule has 0 aliphatic carbocycles. The van der Waals surface area contributed by atoms with Crippen LogP contribution in [-0.4, -0.2) is 27.1 Å². The summed E-state index contributed by atoms with van der Waals surface area (Å²) in [7, 11) is 0. The number of thioether (sulfide) groups is 1. The molecule has 1 unspecified atom stereocenters. The standard InChI is InChI=1S/C19H19N3O2S/c1-12-5-6-15-17(9-12)21-8-7-18(15)25-11-14-4-2-3-13(22-14)10-16(20)19(23)24/h2-9,16H,10-11,20H2,1H3,(H,23,24). The van der Waals surface area contributed by atoms with Crippen LogP contribution in [0.3, 0.4) is 0 Å². The van der Waals surface area contributed by atoms with Gasteiger partial charge in [0, 0.05) is 34.3 Å². The average molecular weight is 353 g/mol. The number of aromatic nitrogens is 2. The van der Waals surface area contributed by atoms with Gasteiger partial charge in [-0.15, -0.1) is 11.8 Å². The van der Waals surface area contributed by atoms with Crippen LogP contribution in [0, 0.1) is 6.92 Å². The van der Waals surface area contributed by atoms with Crippen LogP contribution in [0.4, 0.5) is 0 Å². The summed E-state index contributed by atoms with van der Waals surface area (Å²) in [6, 6.07) is 13.0. The van der Waals surface area contributed by atoms with E-state index in [4.69, 9.17) is 10.8 Å². The van der Waals surface area contributed by atoms with Gasteiger partial charge in [0.15, 0.2) is 0 Å². The zero-order chi connectivity index (χ0) is 17.8. The maximum atomic E-state index is 10.9. The number of carboxylic acid groups (broad SMARTS) is 1. The first-order valence-corrected chi connectivity index (χ1v) is 8.93. The van der Waals surface area contributed by atoms with E-state index < -0.39 is 12.0 Å². The quantitative estimate of drug-likeness (QED) is 0.662. The number of carboxylic acids is 1. The van der Waals surface area contributed by atoms with Gasteiger partial charge in [0.2, 0.25) is 0 Å². The van der Waals surface area contributed by atoms with Crippen LogP contribution in [0.2, 0.25) is 0 Å². The van der Waals surface area contributed by atoms with Crippen LogP contribution in [0.5, 0.6) is 0 Å². The summed E-state index contributed by atoms with van der Waals surface area (Å²) in [6.45, 7) is 2.05. The summed E-state index contributed by atoms with van der Waals surface area (Å²) in [4.78, 5) is 21.0. The van der Waals surface area contributed by atoms with Gasteiger partial charge >= 0.3 is 5.97 Å². The predicted octanol–water partition coefficient (Wildman–Crippen LogP) is 3.18. The predicted molar refractivity (Wildman–Crippen MR) is 99.6 cm³/mol. The van der Waals surface area contributed by atoms with Gasteiger partial charge in [0.05, 0.1) is 11.2 Å². The number of carbonyl (C=O) groups is 1. The number of pyridine rings is 2. The smallest absolute Gasteiger partial charge is 0.320 e. The normalized spacial score (nSPS) is 12.2. The van der Waals surface area contributed by atoms with Crippen LogP contribution >= 0.6 is 11.8 Å². The first-order valence-electron chi connectivity index (χ1n) is 7.94. The largest absolute Gasteiger partial charge is 0.480 e. The molecule has 0 saturated heterocycles. The Morgan fingerprint density at radius 2 is 2.04 bits per heavy atom. The van der Waals surface area contributed by atoms with E-state index in [2.05, 4.69) is 35.1 Å². The number of nitrogens with two attached hydrogens (primary N) is 1. The van der Waals surface area contributed by atoms with Gasteiger partial charge in [-0.3, -0.25) is 14.8 Å². The lowest BCUT2D eigenvalue weighted by Crippen LogP contribution is -2.32. The highest BCUT2D eigenvalue weighted by molar-refractivity contribution is 7.98. The molecule has 2 heterocycles. The Kier molecular flexibility index (Phi) is 5.31. The summed E-state index contributed by atoms with van der Waals surface area (Å²) >= 11 is 1.69. The van der Waals surface area contributed by atoms with E-state index in [9.17, 15) is 4.79 Å². The number of fused-ring (bicyclic) bond motifs is 1. The van der Waals surface area contributed by atoms with Crippen LogP contribution in [-0.2, 0) is 17.0 Å². The number of nitrogens with zero attached hydrogens (tertiary/aromatic N) is 2. The summed E-state index contributed by atoms with van der Waals surface area (Å²) in [5.41, 5.74) is 9.36. The molecule has 0 aliphatic heterocycles. The Labute approximate surface area is 150 Å². The van der Waals surface area contributed by atoms with Crippen molar-refractivity contribution < 1.29 is 9.90 Å². The average Bonchev–Trinajstić information content (AvgIpc) is 2.59. The van der Waals surface area contributed by atoms with Crippen molar-refractivity contribution in [2.75, 3.05) is 0 Å². The van der Waals surface area contributed by atoms with Gasteiger partial charge in [-0.1, -0.05) is 18.2 Å². The molecule has 2 aromatic heterocycles. The summed E-state index contributed by atoms with van der Waals surface area (Å²) in [5.74, 6) is -0.316. The maximum absolute atomic E-state index is 10.9. The monoisotopic (exact) mass is 353 g/mol. The highest BCUT2D eigenvalue weighted by Crippen LogP contribution is 2.29. The third-order valence-electron chi connectivity index (χ3n) is 3.84. The Morgan fingerprint density at radius 1 is 1.24 bits per heavy atom. The highest BCUT2D eigenvalue weighted by atomic mass is 32.2. The first-order chi connectivity index (χ1) is 12.0. The molecule has 0 spiro atoms. The fourth-order valence-electron chi connectivity index (χ4n) is 2.55. The fourth-order valence-corrected chi connectivity index (χ4v) is 3.49. The zero-order valence-corrected chi connectivity index (χ0v) is 14.7. The van der Waals surface area contributed by atoms with Gasteiger partial charge in [0.1, 0.15) is 6.04 Å². The highest BCUT2D eigenvalue weighted by Gasteiger charge is 2.13. The van der Waals surface area contributed by atoms with Crippen molar-refractivity contribution in [2.45, 2.75) is 30.0 Å². The molecule has 5 nitrogen and oxygen atoms in total. The van der Waals surface area contributed by atoms with Crippen molar-refractivity contribution in [3.8, 4) is 0 Å². The van der Waals surface area contributed by atoms with Crippen molar-refractivity contribution in [1.29, 1.82) is 0 Å². The van der Waals surface area contributed by atoms with E-state index in [1.807, 2.05) is 30.5 Å². The molecule has 3 rings (SSSR count). The Hall–Kier alpha value is -2.44. The van der Waals surface area contributed by atoms with Gasteiger partial charge in [-0.05, 0) is 36.8 Å². The van der Waals surface area contributed by atoms with Crippen molar-refractivity contribution in [2.24, 2.45) is 5.73 Å². The van der Waals surface area contributed by atoms with Gasteiger partial charge < -0.3 is 10.8 Å². The minimum Gasteiger partial charge on any atom is -0.480 e. The molecule has 1 atom stereocenters. The Balaban J connectivity index is 1.75. The molecule has 0 fully saturated rings. The molecule has 6 heteroatoms. The number of hydrogen-bond acceptors (Lipinski definition) is 5. The fraction of sp³-hybridized carbons (Fsp3) is 0.211. The van der Waals surface area contributed by atoms with Crippen LogP contribution in [0.1, 0.15) is 17.0 Å². The molecule has 3 aromatic rings. The molecule has 0 aliphatic rings. The third-order valence-corrected chi connectivity index (χ3v) is 4.95. The lowest BCUT2D eigenvalue weighted by molar-refractivity contribution is -0.138. The van der Waals surface area contributed by atoms with Crippen LogP contribution < -0.4 is 5.73 Å². The second-order valence-corrected chi connectivity index (χ2v) is 6.90. The van der Waals surface area contributed by atoms with Crippen molar-refractivity contribution in [3.63, 3.8) is 0 Å². The number of hydrogen-bond donors (Lipinski definition) is 2. The molecule has 128 valence electrons. The Bertz CT molecular complexity index is 914. The van der Waals surface area contributed by atoms with Gasteiger partial charge in [-0.2, -0.15) is 0 Å². The van der Waals surface area contributed by atoms with Crippen molar-refractivity contribution >= 4 is 28.6 Å². The number of aryl methyl sites for hydroxylation is 1. The van der Waals surface area contributed by atoms with Crippen molar-refractivity contribution in [1.82, 2.24) is 9.97 Å². The lowest BCUT2D eigenvalue weighted by atomic mass is 10.1. The van der Waals surface area contributed by atoms with Gasteiger partial charge in [-0.25, -0.2) is 0 Å². The molecule has 0 amide bonds. The lowest BCUT2D eigenvalue weighted by Gasteiger charge is -2.09. The molecule has 25 heavy (non-hydrogen) atoms. The topological polar surface area (TPSA) is 89.1 Å². The number of rotatable bonds is 6. The molecule has 0 saturated carbocycles. The second-order valence-electron chi connectivity index (χ2n) is 5.89. The maximum Gasteiger partial charge on any atom is 0.320 e. The van der Waals surface area contributed by atoms with Gasteiger partial charge in [0.25, 0.3) is 0 Å². The minimum absolute atomic E-state index is 0.227. The summed E-state index contributed by atoms with van der Waals surface area (Å²) in [6.07, 6.45) is 2.05. The molecular formula is C19H19N3O2S. The van der Waals surface area contributed by atoms with E-state index >= 15 is 0 Å². The zero-order valence-electron chi connectivity index (χ0n) is 13.8. The van der Waals surface area contributed by atoms with E-state index in [1.165, 1.54) is 5.56 Å². The summed E-state index contributed by atoms with van der Waals surface area (Å²) in [5, 5.41) is 10.0. The third kappa shape index (κ3) is 4.35. The molecule has 0 bridgehead atoms. The molecule has 1 aromatic carbocycles. The van der Waals surface area contributed by atoms with Crippen molar-refractivity contribution in [3.05, 3.63) is 65.6 Å². The second kappa shape index (κ2) is 7.63. The Morgan fingerprint density at radius 3 is 2.84 bits per heavy atom. The SMILES string of the molecule is Cc1ccc2c(SCc3cccc(CC(N)C(=O)O)n3)ccnc2c1. The summed E-state index contributed by atoms with van der Waals surface area (Å²) < 4.78 is 0. The number of benzene rings is 1. The van der Waals surface area contributed by atoms with Crippen LogP contribution in [0.25, 0.3) is 10.9 Å². The molecule has 0 radical (unpaired) electrons. The van der Waals surface area contributed by atoms with E-state index in [-0.39, 0.29) is 6.42 Å². The van der Waals surface area contributed by atoms with E-state index in [1.54, 1.807) is 11.8 Å². The van der Waals surface area contributed by atoms with E-state index in [0.29, 0.717) is 11.4 Å². The minimum atomic E-state index is -1.01. The van der Waals surface area contributed by atoms with E-state index in [0.717, 1.165) is 21.5 Å². The number of aliphatic carboxylic acids is 1. The molecular weight excluding hydrogens is 334 g/mol. The first kappa shape index (κ1) is 17.4.